The number of nitrogens with two attached hydrogens (primary N) is 1. The van der Waals surface area contributed by atoms with Crippen molar-refractivity contribution in [1.82, 2.24) is 5.32 Å². The van der Waals surface area contributed by atoms with E-state index in [9.17, 15) is 9.59 Å². The lowest BCUT2D eigenvalue weighted by atomic mass is 10.0. The van der Waals surface area contributed by atoms with Crippen LogP contribution in [0.1, 0.15) is 29.8 Å². The van der Waals surface area contributed by atoms with Gasteiger partial charge in [0.15, 0.2) is 0 Å². The van der Waals surface area contributed by atoms with Crippen molar-refractivity contribution >= 4 is 17.6 Å². The van der Waals surface area contributed by atoms with Crippen LogP contribution in [0.5, 0.6) is 0 Å². The highest BCUT2D eigenvalue weighted by atomic mass is 16.5. The number of methoxy groups -OCH3 is 1. The molecule has 19 heavy (non-hydrogen) atoms. The summed E-state index contributed by atoms with van der Waals surface area (Å²) in [6.07, 6.45) is 0. The molecule has 0 aliphatic heterocycles. The summed E-state index contributed by atoms with van der Waals surface area (Å²) in [5.41, 5.74) is 7.45. The summed E-state index contributed by atoms with van der Waals surface area (Å²) in [6.45, 7) is 5.50. The summed E-state index contributed by atoms with van der Waals surface area (Å²) in [6, 6.07) is 4.43. The molecule has 1 rings (SSSR count). The van der Waals surface area contributed by atoms with E-state index in [2.05, 4.69) is 10.1 Å². The number of anilines is 1. The topological polar surface area (TPSA) is 81.4 Å². The van der Waals surface area contributed by atoms with E-state index in [1.165, 1.54) is 7.11 Å². The van der Waals surface area contributed by atoms with Crippen LogP contribution in [0.4, 0.5) is 5.69 Å². The third-order valence-electron chi connectivity index (χ3n) is 2.91. The van der Waals surface area contributed by atoms with Crippen molar-refractivity contribution in [2.75, 3.05) is 12.8 Å². The van der Waals surface area contributed by atoms with Crippen molar-refractivity contribution in [2.24, 2.45) is 5.92 Å². The fraction of sp³-hybridized carbons (Fsp3) is 0.429. The summed E-state index contributed by atoms with van der Waals surface area (Å²) in [4.78, 5) is 23.8. The van der Waals surface area contributed by atoms with Crippen molar-refractivity contribution in [3.8, 4) is 0 Å². The average molecular weight is 264 g/mol. The van der Waals surface area contributed by atoms with E-state index in [4.69, 9.17) is 5.73 Å². The Kier molecular flexibility index (Phi) is 4.92. The maximum atomic E-state index is 12.2. The standard InChI is InChI=1S/C14H20N2O3/c1-8(2)12(14(18)19-4)16-13(17)11-7-10(15)6-5-9(11)3/h5-8,12H,15H2,1-4H3,(H,16,17). The van der Waals surface area contributed by atoms with Crippen molar-refractivity contribution < 1.29 is 14.3 Å². The van der Waals surface area contributed by atoms with Crippen LogP contribution in [0.15, 0.2) is 18.2 Å². The fourth-order valence-electron chi connectivity index (χ4n) is 1.73. The molecule has 1 atom stereocenters. The molecule has 104 valence electrons. The highest BCUT2D eigenvalue weighted by molar-refractivity contribution is 5.98. The van der Waals surface area contributed by atoms with Gasteiger partial charge in [0.25, 0.3) is 5.91 Å². The van der Waals surface area contributed by atoms with Crippen molar-refractivity contribution in [2.45, 2.75) is 26.8 Å². The van der Waals surface area contributed by atoms with Gasteiger partial charge in [0.2, 0.25) is 0 Å². The number of nitrogens with one attached hydrogen (secondary N) is 1. The molecule has 1 amide bonds. The fourth-order valence-corrected chi connectivity index (χ4v) is 1.73. The van der Waals surface area contributed by atoms with Gasteiger partial charge in [0.1, 0.15) is 6.04 Å². The Balaban J connectivity index is 2.94. The van der Waals surface area contributed by atoms with Crippen LogP contribution < -0.4 is 11.1 Å². The van der Waals surface area contributed by atoms with Gasteiger partial charge in [-0.15, -0.1) is 0 Å². The van der Waals surface area contributed by atoms with Crippen LogP contribution in [-0.2, 0) is 9.53 Å². The maximum absolute atomic E-state index is 12.2. The molecule has 0 aliphatic rings. The van der Waals surface area contributed by atoms with Crippen LogP contribution in [0.2, 0.25) is 0 Å². The highest BCUT2D eigenvalue weighted by Crippen LogP contribution is 2.14. The molecule has 0 radical (unpaired) electrons. The lowest BCUT2D eigenvalue weighted by molar-refractivity contribution is -0.144. The molecule has 0 spiro atoms. The summed E-state index contributed by atoms with van der Waals surface area (Å²) >= 11 is 0. The molecule has 0 bridgehead atoms. The molecular weight excluding hydrogens is 244 g/mol. The third kappa shape index (κ3) is 3.71. The van der Waals surface area contributed by atoms with Crippen LogP contribution in [0.25, 0.3) is 0 Å². The Morgan fingerprint density at radius 2 is 1.95 bits per heavy atom. The van der Waals surface area contributed by atoms with E-state index in [1.807, 2.05) is 20.8 Å². The lowest BCUT2D eigenvalue weighted by Gasteiger charge is -2.20. The van der Waals surface area contributed by atoms with Crippen molar-refractivity contribution in [3.63, 3.8) is 0 Å². The average Bonchev–Trinajstić information content (AvgIpc) is 2.37. The molecule has 0 aliphatic carbocycles. The minimum atomic E-state index is -0.668. The summed E-state index contributed by atoms with van der Waals surface area (Å²) in [7, 11) is 1.30. The van der Waals surface area contributed by atoms with E-state index >= 15 is 0 Å². The minimum Gasteiger partial charge on any atom is -0.467 e. The maximum Gasteiger partial charge on any atom is 0.328 e. The van der Waals surface area contributed by atoms with Gasteiger partial charge < -0.3 is 15.8 Å². The number of ether oxygens (including phenoxy) is 1. The number of rotatable bonds is 4. The number of hydrogen-bond donors (Lipinski definition) is 2. The quantitative estimate of drug-likeness (QED) is 0.638. The first-order chi connectivity index (χ1) is 8.86. The molecule has 0 fully saturated rings. The Morgan fingerprint density at radius 3 is 2.47 bits per heavy atom. The minimum absolute atomic E-state index is 0.0576. The molecule has 1 aromatic rings. The molecular formula is C14H20N2O3. The van der Waals surface area contributed by atoms with E-state index < -0.39 is 12.0 Å². The number of amides is 1. The van der Waals surface area contributed by atoms with Gasteiger partial charge >= 0.3 is 5.97 Å². The Morgan fingerprint density at radius 1 is 1.32 bits per heavy atom. The number of aryl methyl sites for hydroxylation is 1. The van der Waals surface area contributed by atoms with E-state index in [1.54, 1.807) is 18.2 Å². The molecule has 0 heterocycles. The first kappa shape index (κ1) is 15.0. The monoisotopic (exact) mass is 264 g/mol. The van der Waals surface area contributed by atoms with E-state index in [0.717, 1.165) is 5.56 Å². The number of esters is 1. The zero-order valence-electron chi connectivity index (χ0n) is 11.7. The predicted octanol–water partition coefficient (Wildman–Crippen LogP) is 1.50. The SMILES string of the molecule is COC(=O)C(NC(=O)c1cc(N)ccc1C)C(C)C. The summed E-state index contributed by atoms with van der Waals surface area (Å²) < 4.78 is 4.69. The largest absolute Gasteiger partial charge is 0.467 e. The highest BCUT2D eigenvalue weighted by Gasteiger charge is 2.25. The molecule has 0 saturated carbocycles. The number of nitrogen functional groups attached to an aromatic ring is 1. The van der Waals surface area contributed by atoms with Gasteiger partial charge in [-0.05, 0) is 30.5 Å². The molecule has 0 saturated heterocycles. The Labute approximate surface area is 113 Å². The second-order valence-electron chi connectivity index (χ2n) is 4.79. The first-order valence-electron chi connectivity index (χ1n) is 6.11. The van der Waals surface area contributed by atoms with Crippen LogP contribution in [0, 0.1) is 12.8 Å². The molecule has 5 heteroatoms. The molecule has 3 N–H and O–H groups in total. The van der Waals surface area contributed by atoms with Crippen LogP contribution in [0.3, 0.4) is 0 Å². The Hall–Kier alpha value is -2.04. The number of hydrogen-bond acceptors (Lipinski definition) is 4. The second-order valence-corrected chi connectivity index (χ2v) is 4.79. The lowest BCUT2D eigenvalue weighted by Crippen LogP contribution is -2.45. The van der Waals surface area contributed by atoms with Gasteiger partial charge in [-0.1, -0.05) is 19.9 Å². The number of carbonyl (C=O) groups excluding carboxylic acids is 2. The van der Waals surface area contributed by atoms with Crippen molar-refractivity contribution in [3.05, 3.63) is 29.3 Å². The van der Waals surface area contributed by atoms with Crippen molar-refractivity contribution in [1.29, 1.82) is 0 Å². The zero-order valence-corrected chi connectivity index (χ0v) is 11.7. The normalized spacial score (nSPS) is 12.1. The second kappa shape index (κ2) is 6.22. The third-order valence-corrected chi connectivity index (χ3v) is 2.91. The van der Waals surface area contributed by atoms with Gasteiger partial charge in [-0.3, -0.25) is 4.79 Å². The van der Waals surface area contributed by atoms with Gasteiger partial charge in [-0.25, -0.2) is 4.79 Å². The number of carbonyl (C=O) groups is 2. The molecule has 0 aromatic heterocycles. The van der Waals surface area contributed by atoms with Crippen LogP contribution >= 0.6 is 0 Å². The Bertz CT molecular complexity index is 484. The first-order valence-corrected chi connectivity index (χ1v) is 6.11. The van der Waals surface area contributed by atoms with E-state index in [-0.39, 0.29) is 11.8 Å². The zero-order chi connectivity index (χ0) is 14.6. The van der Waals surface area contributed by atoms with Gasteiger partial charge in [0.05, 0.1) is 7.11 Å². The predicted molar refractivity (Wildman–Crippen MR) is 73.7 cm³/mol. The smallest absolute Gasteiger partial charge is 0.328 e. The molecule has 1 aromatic carbocycles. The molecule has 5 nitrogen and oxygen atoms in total. The van der Waals surface area contributed by atoms with Crippen LogP contribution in [-0.4, -0.2) is 25.0 Å². The van der Waals surface area contributed by atoms with Gasteiger partial charge in [0, 0.05) is 11.3 Å². The van der Waals surface area contributed by atoms with E-state index in [0.29, 0.717) is 11.3 Å². The molecule has 1 unspecified atom stereocenters. The summed E-state index contributed by atoms with van der Waals surface area (Å²) in [5.74, 6) is -0.837. The van der Waals surface area contributed by atoms with Gasteiger partial charge in [-0.2, -0.15) is 0 Å². The summed E-state index contributed by atoms with van der Waals surface area (Å²) in [5, 5.41) is 2.68. The number of benzene rings is 1.